The van der Waals surface area contributed by atoms with E-state index in [0.29, 0.717) is 17.9 Å². The molecular formula is C39H48N4O3. The van der Waals surface area contributed by atoms with E-state index in [0.717, 1.165) is 94.5 Å². The molecule has 4 aromatic rings. The van der Waals surface area contributed by atoms with Gasteiger partial charge in [-0.2, -0.15) is 0 Å². The summed E-state index contributed by atoms with van der Waals surface area (Å²) in [5.41, 5.74) is 6.35. The van der Waals surface area contributed by atoms with Crippen LogP contribution in [0.25, 0.3) is 10.9 Å². The fraction of sp³-hybridized carbons (Fsp3) is 0.436. The number of piperidine rings is 1. The van der Waals surface area contributed by atoms with E-state index in [4.69, 9.17) is 4.74 Å². The lowest BCUT2D eigenvalue weighted by atomic mass is 9.90. The van der Waals surface area contributed by atoms with Crippen molar-refractivity contribution in [1.29, 1.82) is 0 Å². The third-order valence-corrected chi connectivity index (χ3v) is 10.0. The Bertz CT molecular complexity index is 1570. The van der Waals surface area contributed by atoms with E-state index in [1.165, 1.54) is 36.8 Å². The van der Waals surface area contributed by atoms with Crippen molar-refractivity contribution in [2.24, 2.45) is 5.92 Å². The second kappa shape index (κ2) is 15.6. The maximum absolute atomic E-state index is 13.0. The normalized spacial score (nSPS) is 16.6. The number of ether oxygens (including phenoxy) is 1. The molecule has 2 saturated heterocycles. The van der Waals surface area contributed by atoms with E-state index in [1.807, 2.05) is 24.3 Å². The first kappa shape index (κ1) is 32.0. The van der Waals surface area contributed by atoms with Gasteiger partial charge in [-0.15, -0.1) is 0 Å². The zero-order valence-corrected chi connectivity index (χ0v) is 27.3. The molecule has 6 rings (SSSR count). The molecule has 46 heavy (non-hydrogen) atoms. The first-order valence-corrected chi connectivity index (χ1v) is 17.1. The van der Waals surface area contributed by atoms with Crippen molar-refractivity contribution >= 4 is 28.3 Å². The van der Waals surface area contributed by atoms with Gasteiger partial charge in [0.05, 0.1) is 12.7 Å². The van der Waals surface area contributed by atoms with Crippen LogP contribution in [0.2, 0.25) is 0 Å². The van der Waals surface area contributed by atoms with Gasteiger partial charge in [0.25, 0.3) is 0 Å². The molecule has 2 aliphatic heterocycles. The van der Waals surface area contributed by atoms with Gasteiger partial charge in [-0.25, -0.2) is 4.79 Å². The van der Waals surface area contributed by atoms with Gasteiger partial charge in [0.2, 0.25) is 0 Å². The number of aromatic nitrogens is 1. The Morgan fingerprint density at radius 2 is 1.57 bits per heavy atom. The number of piperazine rings is 1. The maximum Gasteiger partial charge on any atom is 0.337 e. The minimum atomic E-state index is -0.297. The number of Topliss-reactive ketones (excluding diaryl/α,β-unsaturated/α-hetero) is 1. The molecule has 1 N–H and O–H groups in total. The molecule has 2 aliphatic rings. The summed E-state index contributed by atoms with van der Waals surface area (Å²) in [6, 6.07) is 24.8. The van der Waals surface area contributed by atoms with Crippen molar-refractivity contribution in [3.05, 3.63) is 101 Å². The number of aryl methyl sites for hydroxylation is 1. The largest absolute Gasteiger partial charge is 0.465 e. The number of unbranched alkanes of at least 4 members (excludes halogenated alkanes) is 1. The fourth-order valence-corrected chi connectivity index (χ4v) is 7.12. The van der Waals surface area contributed by atoms with E-state index in [-0.39, 0.29) is 11.8 Å². The van der Waals surface area contributed by atoms with Crippen molar-refractivity contribution < 1.29 is 14.3 Å². The molecule has 7 nitrogen and oxygen atoms in total. The van der Waals surface area contributed by atoms with Gasteiger partial charge in [0.1, 0.15) is 0 Å². The number of H-pyrrole nitrogens is 1. The summed E-state index contributed by atoms with van der Waals surface area (Å²) >= 11 is 0. The predicted octanol–water partition coefficient (Wildman–Crippen LogP) is 6.97. The van der Waals surface area contributed by atoms with Crippen LogP contribution in [0.15, 0.2) is 79.0 Å². The van der Waals surface area contributed by atoms with Crippen LogP contribution in [0.1, 0.15) is 70.4 Å². The first-order valence-electron chi connectivity index (χ1n) is 17.1. The first-order chi connectivity index (χ1) is 22.6. The number of hydrogen-bond donors (Lipinski definition) is 1. The Morgan fingerprint density at radius 1 is 0.826 bits per heavy atom. The Morgan fingerprint density at radius 3 is 2.30 bits per heavy atom. The Labute approximate surface area is 273 Å². The molecule has 3 heterocycles. The number of nitrogens with zero attached hydrogens (tertiary/aromatic N) is 3. The molecule has 0 bridgehead atoms. The van der Waals surface area contributed by atoms with Gasteiger partial charge < -0.3 is 14.6 Å². The number of aromatic amines is 1. The number of nitrogens with one attached hydrogen (secondary N) is 1. The second-order valence-electron chi connectivity index (χ2n) is 13.1. The number of likely N-dealkylation sites (tertiary alicyclic amines) is 1. The summed E-state index contributed by atoms with van der Waals surface area (Å²) in [6.07, 6.45) is 9.34. The molecule has 0 atom stereocenters. The number of fused-ring (bicyclic) bond motifs is 1. The maximum atomic E-state index is 13.0. The van der Waals surface area contributed by atoms with Crippen LogP contribution in [0.5, 0.6) is 0 Å². The van der Waals surface area contributed by atoms with Crippen LogP contribution in [0.3, 0.4) is 0 Å². The monoisotopic (exact) mass is 620 g/mol. The zero-order chi connectivity index (χ0) is 31.7. The molecule has 1 aromatic heterocycles. The van der Waals surface area contributed by atoms with Gasteiger partial charge >= 0.3 is 5.97 Å². The molecule has 7 heteroatoms. The zero-order valence-electron chi connectivity index (χ0n) is 27.3. The second-order valence-corrected chi connectivity index (χ2v) is 13.1. The molecule has 0 spiro atoms. The summed E-state index contributed by atoms with van der Waals surface area (Å²) in [5, 5.41) is 1.11. The molecule has 0 aliphatic carbocycles. The van der Waals surface area contributed by atoms with Crippen molar-refractivity contribution in [2.45, 2.75) is 51.5 Å². The molecule has 0 unspecified atom stereocenters. The molecule has 0 amide bonds. The van der Waals surface area contributed by atoms with Crippen LogP contribution in [0.4, 0.5) is 5.69 Å². The quantitative estimate of drug-likeness (QED) is 0.0989. The highest BCUT2D eigenvalue weighted by molar-refractivity contribution is 5.96. The summed E-state index contributed by atoms with van der Waals surface area (Å²) in [6.45, 7) is 8.51. The summed E-state index contributed by atoms with van der Waals surface area (Å²) in [7, 11) is 1.42. The Kier molecular flexibility index (Phi) is 10.8. The standard InChI is InChI=1S/C39H48N4O3/c1-46-39(45)33-13-16-37-36(27-33)34(28-40-37)9-5-6-20-41-23-25-43(26-24-41)35-14-11-32(12-15-35)38(44)17-10-30-18-21-42(22-19-30)29-31-7-3-2-4-8-31/h2-4,7-8,11-16,27-28,30,40H,5-6,9-10,17-26,29H2,1H3. The van der Waals surface area contributed by atoms with Gasteiger partial charge in [0, 0.05) is 67.5 Å². The molecule has 3 aromatic carbocycles. The smallest absolute Gasteiger partial charge is 0.337 e. The lowest BCUT2D eigenvalue weighted by Crippen LogP contribution is -2.46. The summed E-state index contributed by atoms with van der Waals surface area (Å²) in [5.74, 6) is 0.635. The molecule has 0 saturated carbocycles. The van der Waals surface area contributed by atoms with Crippen LogP contribution < -0.4 is 4.90 Å². The Balaban J connectivity index is 0.876. The van der Waals surface area contributed by atoms with Crippen LogP contribution in [0, 0.1) is 5.92 Å². The van der Waals surface area contributed by atoms with E-state index >= 15 is 0 Å². The van der Waals surface area contributed by atoms with E-state index in [9.17, 15) is 9.59 Å². The van der Waals surface area contributed by atoms with Crippen LogP contribution in [-0.4, -0.2) is 79.5 Å². The summed E-state index contributed by atoms with van der Waals surface area (Å²) in [4.78, 5) is 35.8. The fourth-order valence-electron chi connectivity index (χ4n) is 7.12. The minimum Gasteiger partial charge on any atom is -0.465 e. The average molecular weight is 621 g/mol. The number of benzene rings is 3. The molecule has 2 fully saturated rings. The minimum absolute atomic E-state index is 0.277. The number of ketones is 1. The van der Waals surface area contributed by atoms with E-state index in [2.05, 4.69) is 68.3 Å². The lowest BCUT2D eigenvalue weighted by Gasteiger charge is -2.36. The Hall–Kier alpha value is -3.94. The molecular weight excluding hydrogens is 572 g/mol. The number of esters is 1. The molecule has 0 radical (unpaired) electrons. The predicted molar refractivity (Wildman–Crippen MR) is 186 cm³/mol. The van der Waals surface area contributed by atoms with Crippen molar-refractivity contribution in [2.75, 3.05) is 57.8 Å². The van der Waals surface area contributed by atoms with Gasteiger partial charge in [0.15, 0.2) is 5.78 Å². The summed E-state index contributed by atoms with van der Waals surface area (Å²) < 4.78 is 4.89. The van der Waals surface area contributed by atoms with Crippen molar-refractivity contribution in [1.82, 2.24) is 14.8 Å². The topological polar surface area (TPSA) is 68.9 Å². The van der Waals surface area contributed by atoms with E-state index in [1.54, 1.807) is 6.07 Å². The number of hydrogen-bond acceptors (Lipinski definition) is 6. The van der Waals surface area contributed by atoms with Crippen LogP contribution >= 0.6 is 0 Å². The average Bonchev–Trinajstić information content (AvgIpc) is 3.52. The number of carbonyl (C=O) groups is 2. The highest BCUT2D eigenvalue weighted by atomic mass is 16.5. The molecule has 242 valence electrons. The highest BCUT2D eigenvalue weighted by Crippen LogP contribution is 2.26. The number of carbonyl (C=O) groups excluding carboxylic acids is 2. The van der Waals surface area contributed by atoms with Gasteiger partial charge in [-0.05, 0) is 118 Å². The highest BCUT2D eigenvalue weighted by Gasteiger charge is 2.21. The van der Waals surface area contributed by atoms with Crippen LogP contribution in [-0.2, 0) is 17.7 Å². The number of methoxy groups -OCH3 is 1. The van der Waals surface area contributed by atoms with E-state index < -0.39 is 0 Å². The van der Waals surface area contributed by atoms with Crippen molar-refractivity contribution in [3.63, 3.8) is 0 Å². The third-order valence-electron chi connectivity index (χ3n) is 10.0. The number of rotatable bonds is 13. The van der Waals surface area contributed by atoms with Crippen molar-refractivity contribution in [3.8, 4) is 0 Å². The van der Waals surface area contributed by atoms with Gasteiger partial charge in [-0.1, -0.05) is 30.3 Å². The lowest BCUT2D eigenvalue weighted by molar-refractivity contribution is 0.0600. The number of anilines is 1. The SMILES string of the molecule is COC(=O)c1ccc2[nH]cc(CCCCN3CCN(c4ccc(C(=O)CCC5CCN(Cc6ccccc6)CC5)cc4)CC3)c2c1. The third kappa shape index (κ3) is 8.25. The van der Waals surface area contributed by atoms with Gasteiger partial charge in [-0.3, -0.25) is 14.6 Å².